The van der Waals surface area contributed by atoms with Gasteiger partial charge in [0.2, 0.25) is 0 Å². The highest BCUT2D eigenvalue weighted by atomic mass is 32.2. The van der Waals surface area contributed by atoms with Crippen molar-refractivity contribution in [2.45, 2.75) is 38.6 Å². The lowest BCUT2D eigenvalue weighted by Crippen LogP contribution is -2.09. The molecule has 0 unspecified atom stereocenters. The van der Waals surface area contributed by atoms with E-state index in [9.17, 15) is 13.2 Å². The first-order valence-electron chi connectivity index (χ1n) is 5.49. The van der Waals surface area contributed by atoms with Crippen LogP contribution in [-0.4, -0.2) is 11.0 Å². The minimum atomic E-state index is -4.31. The number of alkyl halides is 3. The van der Waals surface area contributed by atoms with E-state index in [1.54, 1.807) is 6.07 Å². The Labute approximate surface area is 110 Å². The highest BCUT2D eigenvalue weighted by molar-refractivity contribution is 7.99. The Hall–Kier alpha value is -0.970. The summed E-state index contributed by atoms with van der Waals surface area (Å²) >= 11 is 1.34. The van der Waals surface area contributed by atoms with Gasteiger partial charge in [-0.1, -0.05) is 12.1 Å². The van der Waals surface area contributed by atoms with Crippen LogP contribution < -0.4 is 0 Å². The van der Waals surface area contributed by atoms with E-state index in [1.807, 2.05) is 20.8 Å². The van der Waals surface area contributed by atoms with E-state index < -0.39 is 11.7 Å². The van der Waals surface area contributed by atoms with E-state index in [1.165, 1.54) is 31.2 Å². The molecule has 1 rings (SSSR count). The summed E-state index contributed by atoms with van der Waals surface area (Å²) in [4.78, 5) is 0. The molecule has 0 saturated carbocycles. The minimum absolute atomic E-state index is 0.0496. The average molecular weight is 275 g/mol. The summed E-state index contributed by atoms with van der Waals surface area (Å²) in [7, 11) is 0. The molecule has 18 heavy (non-hydrogen) atoms. The maximum atomic E-state index is 12.7. The zero-order valence-corrected chi connectivity index (χ0v) is 11.6. The van der Waals surface area contributed by atoms with Gasteiger partial charge >= 0.3 is 6.18 Å². The van der Waals surface area contributed by atoms with Crippen LogP contribution in [0.1, 0.15) is 37.5 Å². The third kappa shape index (κ3) is 4.37. The van der Waals surface area contributed by atoms with Crippen molar-refractivity contribution in [1.29, 1.82) is 0 Å². The van der Waals surface area contributed by atoms with Crippen molar-refractivity contribution < 1.29 is 13.2 Å². The summed E-state index contributed by atoms with van der Waals surface area (Å²) in [6.45, 7) is 7.45. The second-order valence-electron chi connectivity index (χ2n) is 4.96. The largest absolute Gasteiger partial charge is 0.416 e. The van der Waals surface area contributed by atoms with Gasteiger partial charge in [0.1, 0.15) is 0 Å². The van der Waals surface area contributed by atoms with Crippen LogP contribution >= 0.6 is 11.9 Å². The second-order valence-corrected chi connectivity index (χ2v) is 6.57. The normalized spacial score (nSPS) is 13.3. The number of hydrogen-bond donors (Lipinski definition) is 0. The Morgan fingerprint density at radius 1 is 1.17 bits per heavy atom. The first kappa shape index (κ1) is 15.1. The fourth-order valence-electron chi connectivity index (χ4n) is 1.34. The number of hydrogen-bond acceptors (Lipinski definition) is 2. The third-order valence-corrected chi connectivity index (χ3v) is 2.96. The molecule has 0 aromatic heterocycles. The van der Waals surface area contributed by atoms with Crippen molar-refractivity contribution in [3.05, 3.63) is 34.9 Å². The summed E-state index contributed by atoms with van der Waals surface area (Å²) in [6, 6.07) is 4.12. The molecule has 0 radical (unpaired) electrons. The Morgan fingerprint density at radius 2 is 1.78 bits per heavy atom. The van der Waals surface area contributed by atoms with Gasteiger partial charge in [-0.3, -0.25) is 0 Å². The van der Waals surface area contributed by atoms with Crippen LogP contribution in [0.15, 0.2) is 22.6 Å². The van der Waals surface area contributed by atoms with Crippen molar-refractivity contribution in [1.82, 2.24) is 0 Å². The first-order valence-corrected chi connectivity index (χ1v) is 6.27. The molecule has 100 valence electrons. The van der Waals surface area contributed by atoms with Crippen LogP contribution in [0.4, 0.5) is 13.2 Å². The number of halogens is 3. The molecule has 0 aliphatic rings. The van der Waals surface area contributed by atoms with Gasteiger partial charge in [-0.05, 0) is 56.8 Å². The highest BCUT2D eigenvalue weighted by Gasteiger charge is 2.32. The molecule has 0 bridgehead atoms. The molecule has 0 amide bonds. The van der Waals surface area contributed by atoms with Gasteiger partial charge in [0.15, 0.2) is 0 Å². The van der Waals surface area contributed by atoms with Crippen LogP contribution in [0, 0.1) is 6.92 Å². The van der Waals surface area contributed by atoms with E-state index >= 15 is 0 Å². The van der Waals surface area contributed by atoms with E-state index in [0.717, 1.165) is 6.07 Å². The van der Waals surface area contributed by atoms with Gasteiger partial charge in [-0.15, -0.1) is 0 Å². The van der Waals surface area contributed by atoms with Gasteiger partial charge < -0.3 is 0 Å². The Balaban J connectivity index is 2.99. The lowest BCUT2D eigenvalue weighted by atomic mass is 10.0. The lowest BCUT2D eigenvalue weighted by Gasteiger charge is -2.13. The van der Waals surface area contributed by atoms with Crippen LogP contribution in [0.3, 0.4) is 0 Å². The van der Waals surface area contributed by atoms with Gasteiger partial charge in [0, 0.05) is 11.0 Å². The summed E-state index contributed by atoms with van der Waals surface area (Å²) in [5, 5.41) is 0. The molecule has 0 fully saturated rings. The fraction of sp³-hybridized carbons (Fsp3) is 0.462. The van der Waals surface area contributed by atoms with Crippen LogP contribution in [-0.2, 0) is 6.18 Å². The van der Waals surface area contributed by atoms with Crippen molar-refractivity contribution in [3.63, 3.8) is 0 Å². The molecule has 0 N–H and O–H groups in total. The molecule has 0 saturated heterocycles. The predicted octanol–water partition coefficient (Wildman–Crippen LogP) is 4.88. The molecule has 0 aliphatic heterocycles. The maximum Gasteiger partial charge on any atom is 0.416 e. The van der Waals surface area contributed by atoms with Gasteiger partial charge in [0.25, 0.3) is 0 Å². The number of nitrogens with zero attached hydrogens (tertiary/aromatic N) is 1. The number of benzene rings is 1. The SMILES string of the molecule is Cc1c(/C=N/SC(C)(C)C)cccc1C(F)(F)F. The highest BCUT2D eigenvalue weighted by Crippen LogP contribution is 2.32. The molecular formula is C13H16F3NS. The number of rotatable bonds is 2. The molecule has 0 spiro atoms. The molecule has 0 heterocycles. The maximum absolute atomic E-state index is 12.7. The van der Waals surface area contributed by atoms with Crippen LogP contribution in [0.2, 0.25) is 0 Å². The van der Waals surface area contributed by atoms with Crippen LogP contribution in [0.25, 0.3) is 0 Å². The summed E-state index contributed by atoms with van der Waals surface area (Å²) in [5.74, 6) is 0. The van der Waals surface area contributed by atoms with E-state index in [0.29, 0.717) is 5.56 Å². The minimum Gasteiger partial charge on any atom is -0.223 e. The topological polar surface area (TPSA) is 12.4 Å². The average Bonchev–Trinajstić information content (AvgIpc) is 2.17. The second kappa shape index (κ2) is 5.34. The van der Waals surface area contributed by atoms with Gasteiger partial charge in [-0.2, -0.15) is 13.2 Å². The van der Waals surface area contributed by atoms with Gasteiger partial charge in [0.05, 0.1) is 5.56 Å². The zero-order valence-electron chi connectivity index (χ0n) is 10.8. The van der Waals surface area contributed by atoms with Crippen molar-refractivity contribution in [2.24, 2.45) is 4.40 Å². The third-order valence-electron chi connectivity index (χ3n) is 2.20. The fourth-order valence-corrected chi connectivity index (χ4v) is 1.82. The zero-order chi connectivity index (χ0) is 14.0. The summed E-state index contributed by atoms with van der Waals surface area (Å²) in [5.41, 5.74) is 0.108. The van der Waals surface area contributed by atoms with E-state index in [-0.39, 0.29) is 10.3 Å². The molecule has 1 aromatic rings. The van der Waals surface area contributed by atoms with Crippen molar-refractivity contribution >= 4 is 18.2 Å². The molecular weight excluding hydrogens is 259 g/mol. The Bertz CT molecular complexity index is 445. The quantitative estimate of drug-likeness (QED) is 0.553. The first-order chi connectivity index (χ1) is 8.11. The van der Waals surface area contributed by atoms with Crippen LogP contribution in [0.5, 0.6) is 0 Å². The molecule has 1 aromatic carbocycles. The van der Waals surface area contributed by atoms with Crippen molar-refractivity contribution in [2.75, 3.05) is 0 Å². The Morgan fingerprint density at radius 3 is 2.28 bits per heavy atom. The summed E-state index contributed by atoms with van der Waals surface area (Å²) in [6.07, 6.45) is -2.83. The predicted molar refractivity (Wildman–Crippen MR) is 71.1 cm³/mol. The molecule has 1 nitrogen and oxygen atoms in total. The van der Waals surface area contributed by atoms with Crippen molar-refractivity contribution in [3.8, 4) is 0 Å². The monoisotopic (exact) mass is 275 g/mol. The standard InChI is InChI=1S/C13H16F3NS/c1-9-10(8-17-18-12(2,3)4)6-5-7-11(9)13(14,15)16/h5-8H,1-4H3/b17-8+. The summed E-state index contributed by atoms with van der Waals surface area (Å²) < 4.78 is 42.1. The lowest BCUT2D eigenvalue weighted by molar-refractivity contribution is -0.138. The van der Waals surface area contributed by atoms with E-state index in [4.69, 9.17) is 0 Å². The molecule has 0 atom stereocenters. The molecule has 0 aliphatic carbocycles. The van der Waals surface area contributed by atoms with Gasteiger partial charge in [-0.25, -0.2) is 4.40 Å². The Kier molecular flexibility index (Phi) is 4.48. The molecule has 5 heteroatoms. The smallest absolute Gasteiger partial charge is 0.223 e. The van der Waals surface area contributed by atoms with E-state index in [2.05, 4.69) is 4.40 Å².